The van der Waals surface area contributed by atoms with Gasteiger partial charge >= 0.3 is 6.03 Å². The summed E-state index contributed by atoms with van der Waals surface area (Å²) in [6, 6.07) is 6.95. The summed E-state index contributed by atoms with van der Waals surface area (Å²) in [7, 11) is 0. The van der Waals surface area contributed by atoms with Crippen molar-refractivity contribution in [3.05, 3.63) is 29.8 Å². The van der Waals surface area contributed by atoms with E-state index in [-0.39, 0.29) is 12.5 Å². The molecule has 6 nitrogen and oxygen atoms in total. The van der Waals surface area contributed by atoms with Crippen LogP contribution in [0, 0.1) is 0 Å². The summed E-state index contributed by atoms with van der Waals surface area (Å²) in [4.78, 5) is 22.3. The number of amides is 3. The molecule has 1 aliphatic rings. The fourth-order valence-electron chi connectivity index (χ4n) is 1.85. The molecule has 3 amide bonds. The van der Waals surface area contributed by atoms with Gasteiger partial charge in [0.25, 0.3) is 0 Å². The summed E-state index contributed by atoms with van der Waals surface area (Å²) in [5.41, 5.74) is 0.836. The molecule has 1 aliphatic heterocycles. The van der Waals surface area contributed by atoms with Crippen LogP contribution in [-0.4, -0.2) is 36.3 Å². The first-order chi connectivity index (χ1) is 10.2. The van der Waals surface area contributed by atoms with Gasteiger partial charge in [0.1, 0.15) is 12.3 Å². The summed E-state index contributed by atoms with van der Waals surface area (Å²) in [6.45, 7) is 2.84. The maximum Gasteiger partial charge on any atom is 0.344 e. The van der Waals surface area contributed by atoms with Gasteiger partial charge in [-0.15, -0.1) is 0 Å². The number of imide groups is 1. The van der Waals surface area contributed by atoms with E-state index in [4.69, 9.17) is 4.74 Å². The number of rotatable bonds is 7. The molecule has 0 saturated carbocycles. The maximum atomic E-state index is 11.3. The van der Waals surface area contributed by atoms with Crippen molar-refractivity contribution >= 4 is 18.2 Å². The molecule has 0 atom stereocenters. The number of hydrogen-bond acceptors (Lipinski definition) is 4. The Morgan fingerprint density at radius 3 is 2.67 bits per heavy atom. The third-order valence-electron chi connectivity index (χ3n) is 3.02. The number of unbranched alkanes of at least 4 members (excludes halogenated alkanes) is 2. The number of hydrogen-bond donors (Lipinski definition) is 1. The van der Waals surface area contributed by atoms with E-state index in [1.165, 1.54) is 12.8 Å². The fraction of sp³-hybridized carbons (Fsp3) is 0.400. The molecule has 1 aromatic carbocycles. The first-order valence-electron chi connectivity index (χ1n) is 7.07. The van der Waals surface area contributed by atoms with Gasteiger partial charge in [0.2, 0.25) is 5.91 Å². The minimum absolute atomic E-state index is 0.0338. The fourth-order valence-corrected chi connectivity index (χ4v) is 1.85. The Balaban J connectivity index is 1.84. The highest BCUT2D eigenvalue weighted by Gasteiger charge is 2.25. The zero-order valence-electron chi connectivity index (χ0n) is 12.0. The van der Waals surface area contributed by atoms with Gasteiger partial charge in [-0.1, -0.05) is 19.8 Å². The topological polar surface area (TPSA) is 71.0 Å². The molecule has 21 heavy (non-hydrogen) atoms. The molecule has 6 heteroatoms. The molecule has 0 unspecified atom stereocenters. The Morgan fingerprint density at radius 1 is 1.29 bits per heavy atom. The molecule has 2 rings (SSSR count). The lowest BCUT2D eigenvalue weighted by atomic mass is 10.2. The van der Waals surface area contributed by atoms with Gasteiger partial charge in [-0.3, -0.25) is 10.1 Å². The number of nitrogens with zero attached hydrogens (tertiary/aromatic N) is 2. The maximum absolute atomic E-state index is 11.3. The number of carbonyl (C=O) groups excluding carboxylic acids is 2. The second kappa shape index (κ2) is 7.42. The smallest absolute Gasteiger partial charge is 0.344 e. The van der Waals surface area contributed by atoms with Gasteiger partial charge < -0.3 is 4.74 Å². The van der Waals surface area contributed by atoms with Crippen LogP contribution in [0.1, 0.15) is 31.7 Å². The van der Waals surface area contributed by atoms with E-state index >= 15 is 0 Å². The Morgan fingerprint density at radius 2 is 2.05 bits per heavy atom. The van der Waals surface area contributed by atoms with Crippen molar-refractivity contribution in [2.45, 2.75) is 26.2 Å². The quantitative estimate of drug-likeness (QED) is 0.475. The van der Waals surface area contributed by atoms with Crippen LogP contribution in [0.3, 0.4) is 0 Å². The molecule has 1 saturated heterocycles. The summed E-state index contributed by atoms with van der Waals surface area (Å²) in [5.74, 6) is 0.477. The first-order valence-corrected chi connectivity index (χ1v) is 7.07. The minimum atomic E-state index is -0.493. The predicted octanol–water partition coefficient (Wildman–Crippen LogP) is 2.14. The Bertz CT molecular complexity index is 525. The van der Waals surface area contributed by atoms with Crippen LogP contribution in [0.15, 0.2) is 29.4 Å². The highest BCUT2D eigenvalue weighted by molar-refractivity contribution is 6.02. The second-order valence-corrected chi connectivity index (χ2v) is 4.78. The summed E-state index contributed by atoms with van der Waals surface area (Å²) < 4.78 is 5.61. The number of urea groups is 1. The average molecular weight is 289 g/mol. The van der Waals surface area contributed by atoms with Crippen LogP contribution >= 0.6 is 0 Å². The van der Waals surface area contributed by atoms with Gasteiger partial charge in [-0.2, -0.15) is 5.10 Å². The number of benzene rings is 1. The second-order valence-electron chi connectivity index (χ2n) is 4.78. The van der Waals surface area contributed by atoms with Crippen molar-refractivity contribution < 1.29 is 14.3 Å². The van der Waals surface area contributed by atoms with E-state index in [9.17, 15) is 9.59 Å². The number of carbonyl (C=O) groups is 2. The van der Waals surface area contributed by atoms with E-state index in [1.54, 1.807) is 6.21 Å². The average Bonchev–Trinajstić information content (AvgIpc) is 2.81. The molecular formula is C15H19N3O3. The predicted molar refractivity (Wildman–Crippen MR) is 79.3 cm³/mol. The molecule has 0 bridgehead atoms. The van der Waals surface area contributed by atoms with E-state index in [2.05, 4.69) is 17.3 Å². The van der Waals surface area contributed by atoms with Crippen LogP contribution in [0.5, 0.6) is 5.75 Å². The lowest BCUT2D eigenvalue weighted by Crippen LogP contribution is -2.24. The number of hydrazone groups is 1. The zero-order chi connectivity index (χ0) is 15.1. The molecule has 1 aromatic rings. The Kier molecular flexibility index (Phi) is 5.31. The Labute approximate surface area is 123 Å². The monoisotopic (exact) mass is 289 g/mol. The van der Waals surface area contributed by atoms with E-state index in [1.807, 2.05) is 24.3 Å². The van der Waals surface area contributed by atoms with Crippen molar-refractivity contribution in [3.8, 4) is 5.75 Å². The minimum Gasteiger partial charge on any atom is -0.494 e. The van der Waals surface area contributed by atoms with Crippen molar-refractivity contribution in [3.63, 3.8) is 0 Å². The normalized spacial score (nSPS) is 14.8. The Hall–Kier alpha value is -2.37. The summed E-state index contributed by atoms with van der Waals surface area (Å²) >= 11 is 0. The van der Waals surface area contributed by atoms with Crippen LogP contribution in [-0.2, 0) is 4.79 Å². The van der Waals surface area contributed by atoms with E-state index in [0.29, 0.717) is 0 Å². The first kappa shape index (κ1) is 15.0. The molecule has 0 aliphatic carbocycles. The molecule has 0 spiro atoms. The lowest BCUT2D eigenvalue weighted by molar-refractivity contribution is -0.118. The van der Waals surface area contributed by atoms with Crippen LogP contribution < -0.4 is 10.1 Å². The van der Waals surface area contributed by atoms with E-state index in [0.717, 1.165) is 29.3 Å². The highest BCUT2D eigenvalue weighted by Crippen LogP contribution is 2.12. The van der Waals surface area contributed by atoms with Gasteiger partial charge in [0, 0.05) is 0 Å². The molecule has 1 N–H and O–H groups in total. The van der Waals surface area contributed by atoms with Crippen molar-refractivity contribution in [2.24, 2.45) is 5.10 Å². The molecule has 0 radical (unpaired) electrons. The van der Waals surface area contributed by atoms with Crippen LogP contribution in [0.4, 0.5) is 4.79 Å². The zero-order valence-corrected chi connectivity index (χ0v) is 12.0. The van der Waals surface area contributed by atoms with Gasteiger partial charge in [-0.25, -0.2) is 9.80 Å². The van der Waals surface area contributed by atoms with Gasteiger partial charge in [0.05, 0.1) is 12.8 Å². The molecule has 112 valence electrons. The largest absolute Gasteiger partial charge is 0.494 e. The number of ether oxygens (including phenoxy) is 1. The SMILES string of the molecule is CCCCCOc1ccc(/C=N/N2CC(=O)NC2=O)cc1. The van der Waals surface area contributed by atoms with Gasteiger partial charge in [-0.05, 0) is 36.2 Å². The lowest BCUT2D eigenvalue weighted by Gasteiger charge is -2.06. The summed E-state index contributed by atoms with van der Waals surface area (Å²) in [5, 5.41) is 7.23. The van der Waals surface area contributed by atoms with Crippen molar-refractivity contribution in [1.29, 1.82) is 0 Å². The third-order valence-corrected chi connectivity index (χ3v) is 3.02. The van der Waals surface area contributed by atoms with E-state index < -0.39 is 6.03 Å². The van der Waals surface area contributed by atoms with Gasteiger partial charge in [0.15, 0.2) is 0 Å². The number of nitrogens with one attached hydrogen (secondary N) is 1. The van der Waals surface area contributed by atoms with Crippen LogP contribution in [0.25, 0.3) is 0 Å². The van der Waals surface area contributed by atoms with Crippen molar-refractivity contribution in [2.75, 3.05) is 13.2 Å². The molecule has 1 fully saturated rings. The standard InChI is InChI=1S/C15H19N3O3/c1-2-3-4-9-21-13-7-5-12(6-8-13)10-16-18-11-14(19)17-15(18)20/h5-8,10H,2-4,9,11H2,1H3,(H,17,19,20)/b16-10+. The molecule has 1 heterocycles. The van der Waals surface area contributed by atoms with Crippen LogP contribution in [0.2, 0.25) is 0 Å². The molecule has 0 aromatic heterocycles. The molecular weight excluding hydrogens is 270 g/mol. The highest BCUT2D eigenvalue weighted by atomic mass is 16.5. The third kappa shape index (κ3) is 4.59. The summed E-state index contributed by atoms with van der Waals surface area (Å²) in [6.07, 6.45) is 4.93. The van der Waals surface area contributed by atoms with Crippen molar-refractivity contribution in [1.82, 2.24) is 10.3 Å².